The van der Waals surface area contributed by atoms with E-state index in [-0.39, 0.29) is 19.1 Å². The van der Waals surface area contributed by atoms with Crippen LogP contribution in [0.4, 0.5) is 0 Å². The first kappa shape index (κ1) is 53.3. The molecule has 0 aliphatic rings. The van der Waals surface area contributed by atoms with Gasteiger partial charge in [0.05, 0.1) is 32.0 Å². The van der Waals surface area contributed by atoms with Gasteiger partial charge in [-0.15, -0.1) is 0 Å². The lowest BCUT2D eigenvalue weighted by atomic mass is 9.99. The summed E-state index contributed by atoms with van der Waals surface area (Å²) >= 11 is 0. The quantitative estimate of drug-likeness (QED) is 0.0394. The Kier molecular flexibility index (Phi) is 42.8. The summed E-state index contributed by atoms with van der Waals surface area (Å²) in [5.41, 5.74) is 0. The molecule has 0 aliphatic carbocycles. The highest BCUT2D eigenvalue weighted by molar-refractivity contribution is 5.76. The molecule has 0 fully saturated rings. The molecule has 0 rings (SSSR count). The third kappa shape index (κ3) is 38.2. The summed E-state index contributed by atoms with van der Waals surface area (Å²) in [6.07, 6.45) is 43.3. The van der Waals surface area contributed by atoms with E-state index < -0.39 is 31.0 Å². The van der Waals surface area contributed by atoms with Crippen molar-refractivity contribution >= 4 is 5.91 Å². The Morgan fingerprint density at radius 3 is 1.11 bits per heavy atom. The van der Waals surface area contributed by atoms with Gasteiger partial charge in [-0.25, -0.2) is 0 Å². The zero-order valence-electron chi connectivity index (χ0n) is 36.2. The molecule has 0 aromatic carbocycles. The van der Waals surface area contributed by atoms with E-state index in [9.17, 15) is 20.1 Å². The Labute approximate surface area is 336 Å². The fourth-order valence-corrected chi connectivity index (χ4v) is 7.59. The number of hydrogen-bond acceptors (Lipinski definition) is 6. The molecule has 0 aliphatic heterocycles. The number of amides is 1. The molecule has 54 heavy (non-hydrogen) atoms. The molecule has 0 heterocycles. The molecule has 0 spiro atoms. The lowest BCUT2D eigenvalue weighted by molar-refractivity contribution is -0.125. The molecular formula is C47H95NO6. The molecule has 0 aromatic rings. The number of nitrogens with one attached hydrogen (secondary N) is 1. The standard InChI is InChI=1S/C47H95NO6/c1-3-5-7-9-11-13-15-17-18-19-20-21-22-23-24-25-26-27-29-31-33-35-37-39-46(52)48-44(42-54-41-43(50)40-49)47(53)45(51)38-36-34-32-30-28-16-14-12-10-8-6-4-2/h43-45,47,49-51,53H,3-42H2,1-2H3,(H,48,52)/t43-,44+,45-,47+/m1/s1. The summed E-state index contributed by atoms with van der Waals surface area (Å²) in [5.74, 6) is -0.147. The normalized spacial score (nSPS) is 14.0. The number of aliphatic hydroxyl groups excluding tert-OH is 4. The van der Waals surface area contributed by atoms with Crippen LogP contribution in [0.15, 0.2) is 0 Å². The smallest absolute Gasteiger partial charge is 0.220 e. The average Bonchev–Trinajstić information content (AvgIpc) is 3.17. The highest BCUT2D eigenvalue weighted by Gasteiger charge is 2.28. The topological polar surface area (TPSA) is 119 Å². The molecule has 0 saturated carbocycles. The molecule has 0 bridgehead atoms. The highest BCUT2D eigenvalue weighted by atomic mass is 16.5. The van der Waals surface area contributed by atoms with Crippen molar-refractivity contribution in [2.24, 2.45) is 0 Å². The molecule has 4 atom stereocenters. The van der Waals surface area contributed by atoms with Crippen LogP contribution < -0.4 is 5.32 Å². The zero-order valence-corrected chi connectivity index (χ0v) is 36.2. The molecule has 0 unspecified atom stereocenters. The van der Waals surface area contributed by atoms with Gasteiger partial charge < -0.3 is 30.5 Å². The number of carbonyl (C=O) groups is 1. The number of unbranched alkanes of at least 4 members (excludes halogenated alkanes) is 33. The SMILES string of the molecule is CCCCCCCCCCCCCCCCCCCCCCCCCC(=O)N[C@@H](COC[C@H](O)CO)[C@H](O)[C@H](O)CCCCCCCCCCCCCC. The van der Waals surface area contributed by atoms with Crippen molar-refractivity contribution in [1.82, 2.24) is 5.32 Å². The van der Waals surface area contributed by atoms with E-state index in [1.165, 1.54) is 186 Å². The largest absolute Gasteiger partial charge is 0.394 e. The van der Waals surface area contributed by atoms with Gasteiger partial charge in [0.25, 0.3) is 0 Å². The lowest BCUT2D eigenvalue weighted by Gasteiger charge is -2.28. The van der Waals surface area contributed by atoms with E-state index in [4.69, 9.17) is 9.84 Å². The van der Waals surface area contributed by atoms with Crippen molar-refractivity contribution in [1.29, 1.82) is 0 Å². The molecule has 7 heteroatoms. The minimum absolute atomic E-state index is 0.0289. The monoisotopic (exact) mass is 770 g/mol. The van der Waals surface area contributed by atoms with Gasteiger partial charge in [0, 0.05) is 6.42 Å². The maximum atomic E-state index is 12.8. The van der Waals surface area contributed by atoms with Gasteiger partial charge >= 0.3 is 0 Å². The summed E-state index contributed by atoms with van der Waals surface area (Å²) in [6.45, 7) is 4.00. The van der Waals surface area contributed by atoms with E-state index in [0.717, 1.165) is 38.5 Å². The second-order valence-corrected chi connectivity index (χ2v) is 16.8. The van der Waals surface area contributed by atoms with Gasteiger partial charge in [0.1, 0.15) is 12.2 Å². The summed E-state index contributed by atoms with van der Waals surface area (Å²) in [6, 6.07) is -0.764. The van der Waals surface area contributed by atoms with Crippen LogP contribution in [-0.2, 0) is 9.53 Å². The summed E-state index contributed by atoms with van der Waals surface area (Å²) in [7, 11) is 0. The molecule has 5 N–H and O–H groups in total. The fraction of sp³-hybridized carbons (Fsp3) is 0.979. The predicted molar refractivity (Wildman–Crippen MR) is 230 cm³/mol. The van der Waals surface area contributed by atoms with E-state index in [1.807, 2.05) is 0 Å². The van der Waals surface area contributed by atoms with Gasteiger partial charge in [-0.1, -0.05) is 232 Å². The average molecular weight is 770 g/mol. The van der Waals surface area contributed by atoms with Crippen molar-refractivity contribution in [2.75, 3.05) is 19.8 Å². The molecule has 0 saturated heterocycles. The van der Waals surface area contributed by atoms with Gasteiger partial charge in [0.15, 0.2) is 0 Å². The minimum Gasteiger partial charge on any atom is -0.394 e. The van der Waals surface area contributed by atoms with Crippen LogP contribution in [0.1, 0.15) is 251 Å². The first-order chi connectivity index (χ1) is 26.5. The Balaban J connectivity index is 3.91. The van der Waals surface area contributed by atoms with Gasteiger partial charge in [-0.3, -0.25) is 4.79 Å². The van der Waals surface area contributed by atoms with Crippen LogP contribution in [0.3, 0.4) is 0 Å². The van der Waals surface area contributed by atoms with E-state index in [1.54, 1.807) is 0 Å². The van der Waals surface area contributed by atoms with Crippen LogP contribution in [0, 0.1) is 0 Å². The summed E-state index contributed by atoms with van der Waals surface area (Å²) in [4.78, 5) is 12.8. The molecule has 0 aromatic heterocycles. The first-order valence-electron chi connectivity index (χ1n) is 24.0. The highest BCUT2D eigenvalue weighted by Crippen LogP contribution is 2.17. The summed E-state index contributed by atoms with van der Waals surface area (Å²) in [5, 5.41) is 43.3. The lowest BCUT2D eigenvalue weighted by Crippen LogP contribution is -2.51. The second-order valence-electron chi connectivity index (χ2n) is 16.8. The van der Waals surface area contributed by atoms with E-state index in [2.05, 4.69) is 19.2 Å². The Bertz CT molecular complexity index is 739. The first-order valence-corrected chi connectivity index (χ1v) is 24.0. The van der Waals surface area contributed by atoms with Crippen molar-refractivity contribution in [3.05, 3.63) is 0 Å². The number of carbonyl (C=O) groups excluding carboxylic acids is 1. The van der Waals surface area contributed by atoms with Crippen molar-refractivity contribution in [3.63, 3.8) is 0 Å². The molecular weight excluding hydrogens is 675 g/mol. The number of hydrogen-bond donors (Lipinski definition) is 5. The Morgan fingerprint density at radius 2 is 0.778 bits per heavy atom. The summed E-state index contributed by atoms with van der Waals surface area (Å²) < 4.78 is 5.50. The van der Waals surface area contributed by atoms with Crippen LogP contribution in [0.2, 0.25) is 0 Å². The van der Waals surface area contributed by atoms with Crippen molar-refractivity contribution in [2.45, 2.75) is 276 Å². The third-order valence-corrected chi connectivity index (χ3v) is 11.3. The van der Waals surface area contributed by atoms with Crippen LogP contribution in [0.25, 0.3) is 0 Å². The van der Waals surface area contributed by atoms with Gasteiger partial charge in [-0.2, -0.15) is 0 Å². The molecule has 7 nitrogen and oxygen atoms in total. The molecule has 0 radical (unpaired) electrons. The molecule has 1 amide bonds. The van der Waals surface area contributed by atoms with Crippen LogP contribution in [0.5, 0.6) is 0 Å². The zero-order chi connectivity index (χ0) is 39.6. The minimum atomic E-state index is -1.15. The van der Waals surface area contributed by atoms with E-state index >= 15 is 0 Å². The van der Waals surface area contributed by atoms with Gasteiger partial charge in [-0.05, 0) is 12.8 Å². The fourth-order valence-electron chi connectivity index (χ4n) is 7.59. The van der Waals surface area contributed by atoms with E-state index in [0.29, 0.717) is 12.8 Å². The maximum Gasteiger partial charge on any atom is 0.220 e. The maximum absolute atomic E-state index is 12.8. The van der Waals surface area contributed by atoms with Crippen molar-refractivity contribution in [3.8, 4) is 0 Å². The number of aliphatic hydroxyl groups is 4. The Morgan fingerprint density at radius 1 is 0.463 bits per heavy atom. The number of ether oxygens (including phenoxy) is 1. The second kappa shape index (κ2) is 43.4. The predicted octanol–water partition coefficient (Wildman–Crippen LogP) is 12.0. The Hall–Kier alpha value is -0.730. The van der Waals surface area contributed by atoms with Crippen LogP contribution >= 0.6 is 0 Å². The third-order valence-electron chi connectivity index (χ3n) is 11.3. The number of rotatable bonds is 45. The van der Waals surface area contributed by atoms with Crippen LogP contribution in [-0.4, -0.2) is 70.5 Å². The van der Waals surface area contributed by atoms with Gasteiger partial charge in [0.2, 0.25) is 5.91 Å². The van der Waals surface area contributed by atoms with Crippen molar-refractivity contribution < 1.29 is 30.0 Å². The molecule has 324 valence electrons.